The van der Waals surface area contributed by atoms with E-state index >= 15 is 0 Å². The van der Waals surface area contributed by atoms with Crippen LogP contribution in [0.1, 0.15) is 68.2 Å². The molecule has 47 heavy (non-hydrogen) atoms. The summed E-state index contributed by atoms with van der Waals surface area (Å²) < 4.78 is 24.7. The lowest BCUT2D eigenvalue weighted by atomic mass is 9.49. The summed E-state index contributed by atoms with van der Waals surface area (Å²) in [7, 11) is 0. The molecule has 11 nitrogen and oxygen atoms in total. The molecule has 4 aliphatic rings. The van der Waals surface area contributed by atoms with E-state index in [0.717, 1.165) is 0 Å². The quantitative estimate of drug-likeness (QED) is 0.206. The Morgan fingerprint density at radius 2 is 1.47 bits per heavy atom. The highest BCUT2D eigenvalue weighted by atomic mass is 16.6. The fourth-order valence-corrected chi connectivity index (χ4v) is 8.93. The highest BCUT2D eigenvalue weighted by molar-refractivity contribution is 5.90. The molecule has 6 rings (SSSR count). The molecular weight excluding hydrogens is 608 g/mol. The SMILES string of the molecule is CC(=O)O[C@]12CO[C@H]1C[C@H](OC(=O)c1ccccc1)[C@]1(C)[C@@H](O)[C@H](O)C3=C(C)[C@@H](O)C[C@@]3(C(C)(C)O)[C@@H](OC(=O)c3ccccc3)[C@@H]21. The predicted molar refractivity (Wildman–Crippen MR) is 166 cm³/mol. The molecule has 10 atom stereocenters. The van der Waals surface area contributed by atoms with E-state index in [1.54, 1.807) is 74.5 Å². The van der Waals surface area contributed by atoms with Crippen LogP contribution in [0.5, 0.6) is 0 Å². The smallest absolute Gasteiger partial charge is 0.338 e. The van der Waals surface area contributed by atoms with Gasteiger partial charge in [-0.15, -0.1) is 0 Å². The van der Waals surface area contributed by atoms with Gasteiger partial charge in [-0.3, -0.25) is 4.79 Å². The minimum Gasteiger partial charge on any atom is -0.458 e. The van der Waals surface area contributed by atoms with Gasteiger partial charge in [-0.25, -0.2) is 9.59 Å². The monoisotopic (exact) mass is 650 g/mol. The highest BCUT2D eigenvalue weighted by Gasteiger charge is 2.79. The first-order valence-corrected chi connectivity index (χ1v) is 15.9. The second-order valence-corrected chi connectivity index (χ2v) is 14.1. The standard InChI is InChI=1S/C36H42O11/c1-19-23(38)17-35(33(3,4)43)26(19)27(39)29(40)34(5)24(45-31(41)21-12-8-6-9-13-21)16-25-36(18-44-25,47-20(2)37)28(34)30(35)46-32(42)22-14-10-7-11-15-22/h6-15,23-25,27-30,38-40,43H,16-18H2,1-5H3/t23-,24-,25-,27+,28+,29-,30-,34-,35-,36+/m0/s1. The highest BCUT2D eigenvalue weighted by Crippen LogP contribution is 2.68. The molecule has 2 aromatic carbocycles. The third kappa shape index (κ3) is 4.85. The van der Waals surface area contributed by atoms with Crippen LogP contribution in [0.25, 0.3) is 0 Å². The van der Waals surface area contributed by atoms with Gasteiger partial charge in [0.15, 0.2) is 5.60 Å². The molecule has 4 N–H and O–H groups in total. The molecule has 3 aliphatic carbocycles. The van der Waals surface area contributed by atoms with Gasteiger partial charge in [-0.2, -0.15) is 0 Å². The Labute approximate surface area is 273 Å². The van der Waals surface area contributed by atoms with Crippen LogP contribution < -0.4 is 0 Å². The Hall–Kier alpha value is -3.61. The third-order valence-corrected chi connectivity index (χ3v) is 11.2. The molecule has 0 spiro atoms. The molecule has 0 unspecified atom stereocenters. The summed E-state index contributed by atoms with van der Waals surface area (Å²) >= 11 is 0. The van der Waals surface area contributed by atoms with Crippen LogP contribution in [-0.4, -0.2) is 92.8 Å². The molecule has 1 saturated heterocycles. The van der Waals surface area contributed by atoms with E-state index < -0.39 is 82.5 Å². The van der Waals surface area contributed by atoms with Gasteiger partial charge in [0.2, 0.25) is 0 Å². The molecule has 252 valence electrons. The first kappa shape index (κ1) is 33.3. The minimum absolute atomic E-state index is 0.0157. The van der Waals surface area contributed by atoms with Crippen molar-refractivity contribution in [3.05, 3.63) is 82.9 Å². The summed E-state index contributed by atoms with van der Waals surface area (Å²) in [5, 5.41) is 48.0. The Morgan fingerprint density at radius 3 is 1.96 bits per heavy atom. The molecule has 0 aromatic heterocycles. The molecule has 2 saturated carbocycles. The fourth-order valence-electron chi connectivity index (χ4n) is 8.93. The van der Waals surface area contributed by atoms with Gasteiger partial charge in [0, 0.05) is 18.8 Å². The van der Waals surface area contributed by atoms with Crippen molar-refractivity contribution in [1.29, 1.82) is 0 Å². The summed E-state index contributed by atoms with van der Waals surface area (Å²) in [5.41, 5.74) is -5.83. The maximum atomic E-state index is 14.0. The molecule has 3 fully saturated rings. The molecule has 0 radical (unpaired) electrons. The Kier molecular flexibility index (Phi) is 8.16. The lowest BCUT2D eigenvalue weighted by Gasteiger charge is -2.65. The van der Waals surface area contributed by atoms with E-state index in [4.69, 9.17) is 18.9 Å². The van der Waals surface area contributed by atoms with Gasteiger partial charge in [0.1, 0.15) is 24.4 Å². The van der Waals surface area contributed by atoms with Gasteiger partial charge >= 0.3 is 17.9 Å². The van der Waals surface area contributed by atoms with E-state index in [1.165, 1.54) is 20.8 Å². The predicted octanol–water partition coefficient (Wildman–Crippen LogP) is 2.74. The summed E-state index contributed by atoms with van der Waals surface area (Å²) in [6.45, 7) is 7.28. The van der Waals surface area contributed by atoms with Gasteiger partial charge < -0.3 is 39.4 Å². The number of esters is 3. The van der Waals surface area contributed by atoms with Crippen molar-refractivity contribution in [1.82, 2.24) is 0 Å². The van der Waals surface area contributed by atoms with Crippen molar-refractivity contribution < 1.29 is 53.8 Å². The normalized spacial score (nSPS) is 37.8. The Bertz CT molecular complexity index is 1580. The van der Waals surface area contributed by atoms with Crippen molar-refractivity contribution in [3.8, 4) is 0 Å². The van der Waals surface area contributed by atoms with Crippen molar-refractivity contribution in [3.63, 3.8) is 0 Å². The van der Waals surface area contributed by atoms with Crippen LogP contribution in [0.2, 0.25) is 0 Å². The fraction of sp³-hybridized carbons (Fsp3) is 0.528. The van der Waals surface area contributed by atoms with Gasteiger partial charge in [-0.1, -0.05) is 43.3 Å². The first-order valence-electron chi connectivity index (χ1n) is 15.9. The number of hydrogen-bond donors (Lipinski definition) is 4. The number of rotatable bonds is 6. The van der Waals surface area contributed by atoms with Crippen LogP contribution in [0, 0.1) is 16.7 Å². The maximum absolute atomic E-state index is 14.0. The Balaban J connectivity index is 1.63. The minimum atomic E-state index is -1.79. The zero-order valence-corrected chi connectivity index (χ0v) is 27.1. The molecule has 1 heterocycles. The Morgan fingerprint density at radius 1 is 0.915 bits per heavy atom. The van der Waals surface area contributed by atoms with Crippen LogP contribution in [0.15, 0.2) is 71.8 Å². The molecule has 1 aliphatic heterocycles. The number of carbonyl (C=O) groups excluding carboxylic acids is 3. The lowest BCUT2D eigenvalue weighted by Crippen LogP contribution is -2.79. The van der Waals surface area contributed by atoms with Gasteiger partial charge in [-0.05, 0) is 62.6 Å². The van der Waals surface area contributed by atoms with Crippen LogP contribution in [-0.2, 0) is 23.7 Å². The number of carbonyl (C=O) groups is 3. The van der Waals surface area contributed by atoms with E-state index in [1.807, 2.05) is 0 Å². The summed E-state index contributed by atoms with van der Waals surface area (Å²) in [4.78, 5) is 40.4. The zero-order chi connectivity index (χ0) is 34.1. The molecule has 11 heteroatoms. The summed E-state index contributed by atoms with van der Waals surface area (Å²) in [5.74, 6) is -3.35. The summed E-state index contributed by atoms with van der Waals surface area (Å²) in [6, 6.07) is 16.5. The molecule has 2 aromatic rings. The molecular formula is C36H42O11. The number of fused-ring (bicyclic) bond motifs is 4. The summed E-state index contributed by atoms with van der Waals surface area (Å²) in [6.07, 6.45) is -8.26. The van der Waals surface area contributed by atoms with Crippen molar-refractivity contribution in [2.75, 3.05) is 6.61 Å². The van der Waals surface area contributed by atoms with E-state index in [0.29, 0.717) is 5.57 Å². The van der Waals surface area contributed by atoms with Crippen molar-refractivity contribution >= 4 is 17.9 Å². The number of ether oxygens (including phenoxy) is 4. The number of aliphatic hydroxyl groups excluding tert-OH is 3. The van der Waals surface area contributed by atoms with Crippen molar-refractivity contribution in [2.45, 2.75) is 95.3 Å². The molecule has 0 bridgehead atoms. The third-order valence-electron chi connectivity index (χ3n) is 11.2. The average Bonchev–Trinajstić information content (AvgIpc) is 3.28. The second-order valence-electron chi connectivity index (χ2n) is 14.1. The van der Waals surface area contributed by atoms with Gasteiger partial charge in [0.05, 0.1) is 46.9 Å². The first-order chi connectivity index (χ1) is 22.1. The topological polar surface area (TPSA) is 169 Å². The van der Waals surface area contributed by atoms with Crippen LogP contribution >= 0.6 is 0 Å². The molecule has 0 amide bonds. The largest absolute Gasteiger partial charge is 0.458 e. The van der Waals surface area contributed by atoms with Crippen molar-refractivity contribution in [2.24, 2.45) is 16.7 Å². The lowest BCUT2D eigenvalue weighted by molar-refractivity contribution is -0.350. The van der Waals surface area contributed by atoms with Crippen LogP contribution in [0.3, 0.4) is 0 Å². The maximum Gasteiger partial charge on any atom is 0.338 e. The number of hydrogen-bond acceptors (Lipinski definition) is 11. The van der Waals surface area contributed by atoms with E-state index in [9.17, 15) is 34.8 Å². The number of benzene rings is 2. The van der Waals surface area contributed by atoms with E-state index in [-0.39, 0.29) is 36.1 Å². The second kappa shape index (κ2) is 11.5. The average molecular weight is 651 g/mol. The van der Waals surface area contributed by atoms with E-state index in [2.05, 4.69) is 0 Å². The van der Waals surface area contributed by atoms with Gasteiger partial charge in [0.25, 0.3) is 0 Å². The zero-order valence-electron chi connectivity index (χ0n) is 27.1. The number of aliphatic hydroxyl groups is 4. The van der Waals surface area contributed by atoms with Crippen LogP contribution in [0.4, 0.5) is 0 Å².